The third-order valence-corrected chi connectivity index (χ3v) is 3.78. The maximum Gasteiger partial charge on any atom is 0.328 e. The molecule has 0 fully saturated rings. The molecule has 0 saturated carbocycles. The van der Waals surface area contributed by atoms with Crippen LogP contribution in [0.1, 0.15) is 97.3 Å². The second-order valence-electron chi connectivity index (χ2n) is 5.82. The third kappa shape index (κ3) is 13.6. The molecular weight excluding hydrogens is 248 g/mol. The average Bonchev–Trinajstić information content (AvgIpc) is 2.41. The van der Waals surface area contributed by atoms with E-state index in [1.54, 1.807) is 0 Å². The van der Waals surface area contributed by atoms with Crippen molar-refractivity contribution in [2.45, 2.75) is 97.3 Å². The molecular formula is C18H34O2. The van der Waals surface area contributed by atoms with Crippen molar-refractivity contribution in [3.63, 3.8) is 0 Å². The quantitative estimate of drug-likeness (QED) is 0.308. The molecule has 0 bridgehead atoms. The Morgan fingerprint density at radius 1 is 0.750 bits per heavy atom. The summed E-state index contributed by atoms with van der Waals surface area (Å²) in [4.78, 5) is 10.8. The summed E-state index contributed by atoms with van der Waals surface area (Å²) in [6, 6.07) is 0. The van der Waals surface area contributed by atoms with Crippen LogP contribution < -0.4 is 0 Å². The first kappa shape index (κ1) is 19.2. The molecule has 0 heterocycles. The number of unbranched alkanes of at least 4 members (excludes halogenated alkanes) is 9. The van der Waals surface area contributed by atoms with Crippen LogP contribution in [0.25, 0.3) is 0 Å². The average molecular weight is 282 g/mol. The number of carbonyl (C=O) groups is 1. The lowest BCUT2D eigenvalue weighted by Crippen LogP contribution is -1.94. The Labute approximate surface area is 125 Å². The highest BCUT2D eigenvalue weighted by Gasteiger charge is 2.01. The van der Waals surface area contributed by atoms with Gasteiger partial charge in [-0.15, -0.1) is 0 Å². The van der Waals surface area contributed by atoms with Crippen molar-refractivity contribution in [1.82, 2.24) is 0 Å². The molecule has 20 heavy (non-hydrogen) atoms. The first-order valence-electron chi connectivity index (χ1n) is 8.63. The Bertz CT molecular complexity index is 256. The van der Waals surface area contributed by atoms with Crippen molar-refractivity contribution in [2.24, 2.45) is 0 Å². The molecule has 1 N–H and O–H groups in total. The Kier molecular flexibility index (Phi) is 14.0. The van der Waals surface area contributed by atoms with E-state index in [0.29, 0.717) is 0 Å². The topological polar surface area (TPSA) is 37.3 Å². The van der Waals surface area contributed by atoms with E-state index in [4.69, 9.17) is 5.11 Å². The molecule has 2 nitrogen and oxygen atoms in total. The lowest BCUT2D eigenvalue weighted by atomic mass is 10.00. The molecule has 0 unspecified atom stereocenters. The Morgan fingerprint density at radius 3 is 1.65 bits per heavy atom. The van der Waals surface area contributed by atoms with Gasteiger partial charge in [0, 0.05) is 6.08 Å². The summed E-state index contributed by atoms with van der Waals surface area (Å²) in [5.74, 6) is -0.781. The highest BCUT2D eigenvalue weighted by molar-refractivity contribution is 5.80. The van der Waals surface area contributed by atoms with Crippen molar-refractivity contribution < 1.29 is 9.90 Å². The van der Waals surface area contributed by atoms with Gasteiger partial charge in [0.25, 0.3) is 0 Å². The molecule has 0 amide bonds. The van der Waals surface area contributed by atoms with Gasteiger partial charge in [0.2, 0.25) is 0 Å². The molecule has 0 aromatic carbocycles. The summed E-state index contributed by atoms with van der Waals surface area (Å²) >= 11 is 0. The minimum absolute atomic E-state index is 0.781. The first-order valence-corrected chi connectivity index (χ1v) is 8.63. The first-order chi connectivity index (χ1) is 9.70. The molecule has 2 heteroatoms. The number of aliphatic carboxylic acids is 1. The van der Waals surface area contributed by atoms with Gasteiger partial charge in [-0.1, -0.05) is 77.2 Å². The maximum absolute atomic E-state index is 10.8. The van der Waals surface area contributed by atoms with Gasteiger partial charge in [0.05, 0.1) is 0 Å². The summed E-state index contributed by atoms with van der Waals surface area (Å²) in [6.07, 6.45) is 17.4. The summed E-state index contributed by atoms with van der Waals surface area (Å²) in [5, 5.41) is 8.89. The summed E-state index contributed by atoms with van der Waals surface area (Å²) in [6.45, 7) is 4.42. The van der Waals surface area contributed by atoms with Crippen LogP contribution >= 0.6 is 0 Å². The second kappa shape index (κ2) is 14.6. The Hall–Kier alpha value is -0.790. The van der Waals surface area contributed by atoms with Crippen molar-refractivity contribution in [1.29, 1.82) is 0 Å². The molecule has 0 radical (unpaired) electrons. The van der Waals surface area contributed by atoms with Gasteiger partial charge >= 0.3 is 5.97 Å². The maximum atomic E-state index is 10.8. The van der Waals surface area contributed by atoms with Crippen molar-refractivity contribution in [2.75, 3.05) is 0 Å². The molecule has 0 rings (SSSR count). The Balaban J connectivity index is 3.66. The van der Waals surface area contributed by atoms with Gasteiger partial charge in [-0.05, 0) is 25.7 Å². The second-order valence-corrected chi connectivity index (χ2v) is 5.82. The van der Waals surface area contributed by atoms with Crippen LogP contribution in [0.3, 0.4) is 0 Å². The van der Waals surface area contributed by atoms with Crippen LogP contribution in [0.4, 0.5) is 0 Å². The normalized spacial score (nSPS) is 11.8. The lowest BCUT2D eigenvalue weighted by molar-refractivity contribution is -0.131. The molecule has 0 aliphatic heterocycles. The lowest BCUT2D eigenvalue weighted by Gasteiger charge is -2.07. The van der Waals surface area contributed by atoms with Crippen LogP contribution in [0.15, 0.2) is 11.6 Å². The number of rotatable bonds is 14. The number of carboxylic acid groups (broad SMARTS) is 1. The molecule has 0 saturated heterocycles. The van der Waals surface area contributed by atoms with E-state index in [2.05, 4.69) is 13.8 Å². The largest absolute Gasteiger partial charge is 0.478 e. The van der Waals surface area contributed by atoms with E-state index >= 15 is 0 Å². The summed E-state index contributed by atoms with van der Waals surface area (Å²) in [7, 11) is 0. The summed E-state index contributed by atoms with van der Waals surface area (Å²) < 4.78 is 0. The third-order valence-electron chi connectivity index (χ3n) is 3.78. The summed E-state index contributed by atoms with van der Waals surface area (Å²) in [5.41, 5.74) is 1.14. The van der Waals surface area contributed by atoms with E-state index in [-0.39, 0.29) is 0 Å². The monoisotopic (exact) mass is 282 g/mol. The fourth-order valence-corrected chi connectivity index (χ4v) is 2.53. The standard InChI is InChI=1S/C18H34O2/c1-3-5-7-8-9-10-11-13-15-17(16-18(19)20)14-12-6-4-2/h16H,3-15H2,1-2H3,(H,19,20)/b17-16+. The van der Waals surface area contributed by atoms with E-state index in [1.165, 1.54) is 63.9 Å². The van der Waals surface area contributed by atoms with Gasteiger partial charge < -0.3 is 5.11 Å². The fourth-order valence-electron chi connectivity index (χ4n) is 2.53. The fraction of sp³-hybridized carbons (Fsp3) is 0.833. The van der Waals surface area contributed by atoms with E-state index < -0.39 is 5.97 Å². The number of carboxylic acids is 1. The zero-order chi connectivity index (χ0) is 15.1. The van der Waals surface area contributed by atoms with Crippen molar-refractivity contribution >= 4 is 5.97 Å². The minimum Gasteiger partial charge on any atom is -0.478 e. The highest BCUT2D eigenvalue weighted by atomic mass is 16.4. The van der Waals surface area contributed by atoms with Gasteiger partial charge in [-0.25, -0.2) is 4.79 Å². The van der Waals surface area contributed by atoms with E-state index in [9.17, 15) is 4.79 Å². The van der Waals surface area contributed by atoms with Crippen LogP contribution in [-0.4, -0.2) is 11.1 Å². The van der Waals surface area contributed by atoms with Gasteiger partial charge in [0.15, 0.2) is 0 Å². The van der Waals surface area contributed by atoms with Gasteiger partial charge in [0.1, 0.15) is 0 Å². The molecule has 118 valence electrons. The zero-order valence-corrected chi connectivity index (χ0v) is 13.6. The Morgan fingerprint density at radius 2 is 1.15 bits per heavy atom. The van der Waals surface area contributed by atoms with Crippen molar-refractivity contribution in [3.05, 3.63) is 11.6 Å². The highest BCUT2D eigenvalue weighted by Crippen LogP contribution is 2.17. The number of hydrogen-bond donors (Lipinski definition) is 1. The molecule has 0 aliphatic rings. The van der Waals surface area contributed by atoms with Crippen LogP contribution in [0, 0.1) is 0 Å². The molecule has 0 aromatic heterocycles. The smallest absolute Gasteiger partial charge is 0.328 e. The van der Waals surface area contributed by atoms with Crippen LogP contribution in [0.2, 0.25) is 0 Å². The van der Waals surface area contributed by atoms with Gasteiger partial charge in [-0.2, -0.15) is 0 Å². The predicted octanol–water partition coefficient (Wildman–Crippen LogP) is 6.11. The SMILES string of the molecule is CCCCCCCCCC/C(=C/C(=O)O)CCCCC. The molecule has 0 atom stereocenters. The van der Waals surface area contributed by atoms with Crippen LogP contribution in [-0.2, 0) is 4.79 Å². The molecule has 0 aliphatic carbocycles. The molecule has 0 spiro atoms. The predicted molar refractivity (Wildman–Crippen MR) is 87.1 cm³/mol. The zero-order valence-electron chi connectivity index (χ0n) is 13.6. The minimum atomic E-state index is -0.781. The number of allylic oxidation sites excluding steroid dienone is 1. The van der Waals surface area contributed by atoms with E-state index in [1.807, 2.05) is 0 Å². The van der Waals surface area contributed by atoms with Gasteiger partial charge in [-0.3, -0.25) is 0 Å². The van der Waals surface area contributed by atoms with E-state index in [0.717, 1.165) is 31.3 Å². The van der Waals surface area contributed by atoms with Crippen LogP contribution in [0.5, 0.6) is 0 Å². The van der Waals surface area contributed by atoms with Crippen molar-refractivity contribution in [3.8, 4) is 0 Å². The molecule has 0 aromatic rings. The number of hydrogen-bond acceptors (Lipinski definition) is 1.